The van der Waals surface area contributed by atoms with Crippen LogP contribution in [-0.2, 0) is 10.2 Å². The Hall–Kier alpha value is -1.91. The number of hydrogen-bond donors (Lipinski definition) is 1. The van der Waals surface area contributed by atoms with Crippen molar-refractivity contribution in [3.05, 3.63) is 39.9 Å². The van der Waals surface area contributed by atoms with Gasteiger partial charge in [0.2, 0.25) is 0 Å². The Morgan fingerprint density at radius 3 is 2.24 bits per heavy atom. The number of carboxylic acid groups (broad SMARTS) is 1. The molecule has 116 valence electrons. The highest BCUT2D eigenvalue weighted by Crippen LogP contribution is 2.35. The smallest absolute Gasteiger partial charge is 0.314 e. The second kappa shape index (κ2) is 7.76. The summed E-state index contributed by atoms with van der Waals surface area (Å²) in [6, 6.07) is 5.93. The molecule has 1 unspecified atom stereocenters. The van der Waals surface area contributed by atoms with Crippen LogP contribution in [0.15, 0.2) is 24.3 Å². The molecular weight excluding hydrogens is 270 g/mol. The zero-order valence-electron chi connectivity index (χ0n) is 12.7. The van der Waals surface area contributed by atoms with Gasteiger partial charge in [-0.25, -0.2) is 0 Å². The third-order valence-electron chi connectivity index (χ3n) is 4.10. The number of carboxylic acids is 1. The minimum absolute atomic E-state index is 0.0138. The largest absolute Gasteiger partial charge is 0.481 e. The topological polar surface area (TPSA) is 80.4 Å². The van der Waals surface area contributed by atoms with Crippen molar-refractivity contribution in [3.63, 3.8) is 0 Å². The summed E-state index contributed by atoms with van der Waals surface area (Å²) in [5.74, 6) is -0.852. The quantitative estimate of drug-likeness (QED) is 0.418. The van der Waals surface area contributed by atoms with E-state index < -0.39 is 16.3 Å². The van der Waals surface area contributed by atoms with Crippen LogP contribution in [0.1, 0.15) is 57.9 Å². The first kappa shape index (κ1) is 17.1. The lowest BCUT2D eigenvalue weighted by molar-refractivity contribution is -0.384. The molecule has 0 fully saturated rings. The fraction of sp³-hybridized carbons (Fsp3) is 0.562. The van der Waals surface area contributed by atoms with Crippen LogP contribution in [-0.4, -0.2) is 16.0 Å². The number of nitro benzene ring substituents is 1. The predicted octanol–water partition coefficient (Wildman–Crippen LogP) is 4.30. The van der Waals surface area contributed by atoms with Crippen LogP contribution < -0.4 is 0 Å². The van der Waals surface area contributed by atoms with Gasteiger partial charge in [-0.05, 0) is 18.4 Å². The zero-order valence-corrected chi connectivity index (χ0v) is 12.7. The number of carbonyl (C=O) groups is 1. The summed E-state index contributed by atoms with van der Waals surface area (Å²) in [6.07, 6.45) is 5.11. The van der Waals surface area contributed by atoms with Gasteiger partial charge in [-0.1, -0.05) is 51.7 Å². The van der Waals surface area contributed by atoms with E-state index in [2.05, 4.69) is 6.92 Å². The summed E-state index contributed by atoms with van der Waals surface area (Å²) in [7, 11) is 0. The van der Waals surface area contributed by atoms with E-state index in [9.17, 15) is 20.0 Å². The highest BCUT2D eigenvalue weighted by Gasteiger charge is 2.38. The summed E-state index contributed by atoms with van der Waals surface area (Å²) in [5.41, 5.74) is -0.303. The molecule has 0 heterocycles. The van der Waals surface area contributed by atoms with Gasteiger partial charge >= 0.3 is 5.97 Å². The van der Waals surface area contributed by atoms with Gasteiger partial charge in [-0.3, -0.25) is 14.9 Å². The normalized spacial score (nSPS) is 13.6. The van der Waals surface area contributed by atoms with Crippen molar-refractivity contribution in [3.8, 4) is 0 Å². The first-order chi connectivity index (χ1) is 9.97. The van der Waals surface area contributed by atoms with Gasteiger partial charge in [0.15, 0.2) is 0 Å². The average molecular weight is 293 g/mol. The maximum Gasteiger partial charge on any atom is 0.314 e. The Kier molecular flexibility index (Phi) is 6.34. The SMILES string of the molecule is CCCCCCC(CC)(C(=O)O)c1ccc([N+](=O)[O-])cc1. The molecule has 21 heavy (non-hydrogen) atoms. The molecule has 0 radical (unpaired) electrons. The third kappa shape index (κ3) is 4.03. The Balaban J connectivity index is 3.00. The molecule has 1 aromatic carbocycles. The molecule has 1 atom stereocenters. The van der Waals surface area contributed by atoms with Crippen molar-refractivity contribution in [2.75, 3.05) is 0 Å². The van der Waals surface area contributed by atoms with Crippen LogP contribution >= 0.6 is 0 Å². The van der Waals surface area contributed by atoms with Crippen molar-refractivity contribution in [1.82, 2.24) is 0 Å². The second-order valence-corrected chi connectivity index (χ2v) is 5.36. The zero-order chi connectivity index (χ0) is 15.9. The summed E-state index contributed by atoms with van der Waals surface area (Å²) >= 11 is 0. The van der Waals surface area contributed by atoms with E-state index in [1.165, 1.54) is 12.1 Å². The summed E-state index contributed by atoms with van der Waals surface area (Å²) < 4.78 is 0. The lowest BCUT2D eigenvalue weighted by Crippen LogP contribution is -2.35. The van der Waals surface area contributed by atoms with E-state index in [0.29, 0.717) is 18.4 Å². The molecule has 0 spiro atoms. The summed E-state index contributed by atoms with van der Waals surface area (Å²) in [6.45, 7) is 3.97. The Morgan fingerprint density at radius 1 is 1.19 bits per heavy atom. The molecule has 0 aliphatic rings. The molecule has 5 heteroatoms. The van der Waals surface area contributed by atoms with Crippen LogP contribution in [0.2, 0.25) is 0 Å². The second-order valence-electron chi connectivity index (χ2n) is 5.36. The van der Waals surface area contributed by atoms with E-state index in [1.54, 1.807) is 12.1 Å². The predicted molar refractivity (Wildman–Crippen MR) is 81.5 cm³/mol. The Bertz CT molecular complexity index is 484. The number of rotatable bonds is 9. The van der Waals surface area contributed by atoms with Gasteiger partial charge in [0, 0.05) is 12.1 Å². The lowest BCUT2D eigenvalue weighted by atomic mass is 9.74. The van der Waals surface area contributed by atoms with Gasteiger partial charge in [-0.15, -0.1) is 0 Å². The van der Waals surface area contributed by atoms with Crippen LogP contribution in [0.25, 0.3) is 0 Å². The number of nitro groups is 1. The van der Waals surface area contributed by atoms with Gasteiger partial charge in [-0.2, -0.15) is 0 Å². The van der Waals surface area contributed by atoms with Crippen molar-refractivity contribution in [2.24, 2.45) is 0 Å². The first-order valence-corrected chi connectivity index (χ1v) is 7.46. The van der Waals surface area contributed by atoms with E-state index in [-0.39, 0.29) is 5.69 Å². The molecular formula is C16H23NO4. The minimum Gasteiger partial charge on any atom is -0.481 e. The van der Waals surface area contributed by atoms with Crippen LogP contribution in [0.3, 0.4) is 0 Å². The number of benzene rings is 1. The van der Waals surface area contributed by atoms with Crippen molar-refractivity contribution >= 4 is 11.7 Å². The Morgan fingerprint density at radius 2 is 1.81 bits per heavy atom. The van der Waals surface area contributed by atoms with Crippen LogP contribution in [0.4, 0.5) is 5.69 Å². The van der Waals surface area contributed by atoms with Gasteiger partial charge in [0.25, 0.3) is 5.69 Å². The number of non-ortho nitro benzene ring substituents is 1. The molecule has 0 saturated carbocycles. The van der Waals surface area contributed by atoms with E-state index in [4.69, 9.17) is 0 Å². The molecule has 0 aliphatic heterocycles. The lowest BCUT2D eigenvalue weighted by Gasteiger charge is -2.28. The van der Waals surface area contributed by atoms with E-state index in [1.807, 2.05) is 6.92 Å². The van der Waals surface area contributed by atoms with Gasteiger partial charge < -0.3 is 5.11 Å². The monoisotopic (exact) mass is 293 g/mol. The van der Waals surface area contributed by atoms with Crippen molar-refractivity contribution in [1.29, 1.82) is 0 Å². The first-order valence-electron chi connectivity index (χ1n) is 7.46. The van der Waals surface area contributed by atoms with Crippen LogP contribution in [0.5, 0.6) is 0 Å². The highest BCUT2D eigenvalue weighted by atomic mass is 16.6. The average Bonchev–Trinajstić information content (AvgIpc) is 2.47. The van der Waals surface area contributed by atoms with E-state index >= 15 is 0 Å². The molecule has 1 rings (SSSR count). The molecule has 0 aliphatic carbocycles. The number of hydrogen-bond acceptors (Lipinski definition) is 3. The number of aliphatic carboxylic acids is 1. The molecule has 1 N–H and O–H groups in total. The molecule has 0 bridgehead atoms. The fourth-order valence-corrected chi connectivity index (χ4v) is 2.66. The number of nitrogens with zero attached hydrogens (tertiary/aromatic N) is 1. The number of unbranched alkanes of at least 4 members (excludes halogenated alkanes) is 3. The fourth-order valence-electron chi connectivity index (χ4n) is 2.66. The summed E-state index contributed by atoms with van der Waals surface area (Å²) in [4.78, 5) is 22.0. The molecule has 1 aromatic rings. The minimum atomic E-state index is -0.942. The third-order valence-corrected chi connectivity index (χ3v) is 4.10. The van der Waals surface area contributed by atoms with Gasteiger partial charge in [0.05, 0.1) is 10.3 Å². The Labute approximate surface area is 125 Å². The van der Waals surface area contributed by atoms with Crippen LogP contribution in [0, 0.1) is 10.1 Å². The molecule has 0 saturated heterocycles. The maximum atomic E-state index is 11.8. The maximum absolute atomic E-state index is 11.8. The molecule has 0 amide bonds. The molecule has 0 aromatic heterocycles. The van der Waals surface area contributed by atoms with Crippen molar-refractivity contribution in [2.45, 2.75) is 57.8 Å². The summed E-state index contributed by atoms with van der Waals surface area (Å²) in [5, 5.41) is 20.4. The molecule has 5 nitrogen and oxygen atoms in total. The van der Waals surface area contributed by atoms with E-state index in [0.717, 1.165) is 25.7 Å². The standard InChI is InChI=1S/C16H23NO4/c1-3-5-6-7-12-16(4-2,15(18)19)13-8-10-14(11-9-13)17(20)21/h8-11H,3-7,12H2,1-2H3,(H,18,19). The van der Waals surface area contributed by atoms with Gasteiger partial charge in [0.1, 0.15) is 0 Å². The highest BCUT2D eigenvalue weighted by molar-refractivity contribution is 5.81. The van der Waals surface area contributed by atoms with Crippen molar-refractivity contribution < 1.29 is 14.8 Å².